The molecule has 0 unspecified atom stereocenters. The van der Waals surface area contributed by atoms with Gasteiger partial charge in [0.15, 0.2) is 11.5 Å². The first-order valence-corrected chi connectivity index (χ1v) is 11.3. The lowest BCUT2D eigenvalue weighted by molar-refractivity contribution is -0.131. The van der Waals surface area contributed by atoms with Crippen LogP contribution in [0, 0.1) is 0 Å². The Morgan fingerprint density at radius 1 is 0.853 bits per heavy atom. The fourth-order valence-electron chi connectivity index (χ4n) is 3.89. The van der Waals surface area contributed by atoms with E-state index in [4.69, 9.17) is 14.0 Å². The van der Waals surface area contributed by atoms with Gasteiger partial charge in [0.05, 0.1) is 0 Å². The van der Waals surface area contributed by atoms with Gasteiger partial charge in [-0.3, -0.25) is 4.79 Å². The smallest absolute Gasteiger partial charge is 0.231 e. The standard InChI is InChI=1S/C27H25N3O4/c31-26(14-11-20-7-3-1-4-8-20)30(18-21-9-5-2-6-10-21)16-15-25-28-27(29-34-25)22-12-13-23-24(17-22)33-19-32-23/h1-10,12-13,17H,11,14-16,18-19H2. The van der Waals surface area contributed by atoms with Crippen LogP contribution in [0.4, 0.5) is 0 Å². The summed E-state index contributed by atoms with van der Waals surface area (Å²) in [5.74, 6) is 2.45. The summed E-state index contributed by atoms with van der Waals surface area (Å²) in [5, 5.41) is 4.11. The van der Waals surface area contributed by atoms with E-state index in [0.717, 1.165) is 16.7 Å². The summed E-state index contributed by atoms with van der Waals surface area (Å²) in [6.45, 7) is 1.24. The molecule has 1 aliphatic rings. The first-order valence-electron chi connectivity index (χ1n) is 11.3. The van der Waals surface area contributed by atoms with Crippen molar-refractivity contribution in [3.63, 3.8) is 0 Å². The maximum Gasteiger partial charge on any atom is 0.231 e. The minimum absolute atomic E-state index is 0.100. The Morgan fingerprint density at radius 2 is 1.59 bits per heavy atom. The molecule has 7 heteroatoms. The number of ether oxygens (including phenoxy) is 2. The molecule has 0 atom stereocenters. The zero-order valence-corrected chi connectivity index (χ0v) is 18.7. The highest BCUT2D eigenvalue weighted by Crippen LogP contribution is 2.35. The maximum absolute atomic E-state index is 13.1. The summed E-state index contributed by atoms with van der Waals surface area (Å²) in [7, 11) is 0. The molecular formula is C27H25N3O4. The Bertz CT molecular complexity index is 1240. The van der Waals surface area contributed by atoms with E-state index in [2.05, 4.69) is 10.1 Å². The molecule has 0 spiro atoms. The Hall–Kier alpha value is -4.13. The van der Waals surface area contributed by atoms with Crippen molar-refractivity contribution >= 4 is 5.91 Å². The first kappa shape index (κ1) is 21.7. The zero-order valence-electron chi connectivity index (χ0n) is 18.7. The summed E-state index contributed by atoms with van der Waals surface area (Å²) >= 11 is 0. The SMILES string of the molecule is O=C(CCc1ccccc1)N(CCc1nc(-c2ccc3c(c2)OCO3)no1)Cc1ccccc1. The molecule has 1 aromatic heterocycles. The van der Waals surface area contributed by atoms with Crippen LogP contribution in [0.2, 0.25) is 0 Å². The van der Waals surface area contributed by atoms with Gasteiger partial charge in [-0.2, -0.15) is 4.98 Å². The van der Waals surface area contributed by atoms with E-state index in [1.54, 1.807) is 0 Å². The fourth-order valence-corrected chi connectivity index (χ4v) is 3.89. The Balaban J connectivity index is 1.25. The number of hydrogen-bond donors (Lipinski definition) is 0. The average Bonchev–Trinajstić information content (AvgIpc) is 3.55. The maximum atomic E-state index is 13.1. The Morgan fingerprint density at radius 3 is 2.38 bits per heavy atom. The lowest BCUT2D eigenvalue weighted by atomic mass is 10.1. The molecule has 0 saturated heterocycles. The molecule has 0 bridgehead atoms. The second-order valence-electron chi connectivity index (χ2n) is 8.12. The number of hydrogen-bond acceptors (Lipinski definition) is 6. The molecule has 0 radical (unpaired) electrons. The van der Waals surface area contributed by atoms with E-state index in [0.29, 0.717) is 55.6 Å². The van der Waals surface area contributed by atoms with E-state index in [1.807, 2.05) is 83.8 Å². The highest BCUT2D eigenvalue weighted by Gasteiger charge is 2.19. The number of carbonyl (C=O) groups excluding carboxylic acids is 1. The molecule has 1 aliphatic heterocycles. The van der Waals surface area contributed by atoms with Crippen LogP contribution in [0.25, 0.3) is 11.4 Å². The molecule has 0 N–H and O–H groups in total. The normalized spacial score (nSPS) is 12.0. The van der Waals surface area contributed by atoms with Gasteiger partial charge in [0.25, 0.3) is 0 Å². The van der Waals surface area contributed by atoms with Crippen LogP contribution in [-0.2, 0) is 24.2 Å². The van der Waals surface area contributed by atoms with E-state index < -0.39 is 0 Å². The first-order chi connectivity index (χ1) is 16.7. The zero-order chi connectivity index (χ0) is 23.2. The van der Waals surface area contributed by atoms with Crippen LogP contribution >= 0.6 is 0 Å². The summed E-state index contributed by atoms with van der Waals surface area (Å²) in [6.07, 6.45) is 1.63. The minimum atomic E-state index is 0.100. The van der Waals surface area contributed by atoms with Gasteiger partial charge in [0, 0.05) is 31.5 Å². The third kappa shape index (κ3) is 5.26. The van der Waals surface area contributed by atoms with Crippen LogP contribution in [-0.4, -0.2) is 34.3 Å². The number of nitrogens with zero attached hydrogens (tertiary/aromatic N) is 3. The van der Waals surface area contributed by atoms with Crippen molar-refractivity contribution in [2.45, 2.75) is 25.8 Å². The lowest BCUT2D eigenvalue weighted by Gasteiger charge is -2.22. The van der Waals surface area contributed by atoms with Crippen molar-refractivity contribution in [3.8, 4) is 22.9 Å². The van der Waals surface area contributed by atoms with E-state index >= 15 is 0 Å². The number of benzene rings is 3. The third-order valence-electron chi connectivity index (χ3n) is 5.73. The van der Waals surface area contributed by atoms with Crippen LogP contribution in [0.15, 0.2) is 83.4 Å². The van der Waals surface area contributed by atoms with E-state index in [9.17, 15) is 4.79 Å². The van der Waals surface area contributed by atoms with Gasteiger partial charge >= 0.3 is 0 Å². The molecule has 3 aromatic carbocycles. The summed E-state index contributed by atoms with van der Waals surface area (Å²) in [4.78, 5) is 19.5. The number of amides is 1. The molecule has 1 amide bonds. The average molecular weight is 456 g/mol. The summed E-state index contributed by atoms with van der Waals surface area (Å²) < 4.78 is 16.3. The van der Waals surface area contributed by atoms with Gasteiger partial charge in [0.1, 0.15) is 0 Å². The molecule has 34 heavy (non-hydrogen) atoms. The van der Waals surface area contributed by atoms with Crippen molar-refractivity contribution in [2.24, 2.45) is 0 Å². The quantitative estimate of drug-likeness (QED) is 0.365. The van der Waals surface area contributed by atoms with Gasteiger partial charge in [-0.05, 0) is 35.7 Å². The number of aryl methyl sites for hydroxylation is 1. The molecule has 0 fully saturated rings. The topological polar surface area (TPSA) is 77.7 Å². The lowest BCUT2D eigenvalue weighted by Crippen LogP contribution is -2.32. The van der Waals surface area contributed by atoms with Gasteiger partial charge < -0.3 is 18.9 Å². The van der Waals surface area contributed by atoms with Crippen molar-refractivity contribution in [2.75, 3.05) is 13.3 Å². The predicted octanol–water partition coefficient (Wildman–Crippen LogP) is 4.67. The van der Waals surface area contributed by atoms with Crippen LogP contribution in [0.5, 0.6) is 11.5 Å². The van der Waals surface area contributed by atoms with Gasteiger partial charge in [0.2, 0.25) is 24.4 Å². The van der Waals surface area contributed by atoms with E-state index in [-0.39, 0.29) is 12.7 Å². The molecule has 7 nitrogen and oxygen atoms in total. The Labute approximate surface area is 197 Å². The molecular weight excluding hydrogens is 430 g/mol. The molecule has 0 aliphatic carbocycles. The summed E-state index contributed by atoms with van der Waals surface area (Å²) in [5.41, 5.74) is 3.03. The van der Waals surface area contributed by atoms with Gasteiger partial charge in [-0.25, -0.2) is 0 Å². The second kappa shape index (κ2) is 10.2. The molecule has 4 aromatic rings. The molecule has 172 valence electrons. The third-order valence-corrected chi connectivity index (χ3v) is 5.73. The minimum Gasteiger partial charge on any atom is -0.454 e. The van der Waals surface area contributed by atoms with Crippen molar-refractivity contribution < 1.29 is 18.8 Å². The van der Waals surface area contributed by atoms with Crippen LogP contribution in [0.3, 0.4) is 0 Å². The van der Waals surface area contributed by atoms with Crippen molar-refractivity contribution in [1.82, 2.24) is 15.0 Å². The van der Waals surface area contributed by atoms with Crippen LogP contribution in [0.1, 0.15) is 23.4 Å². The fraction of sp³-hybridized carbons (Fsp3) is 0.222. The summed E-state index contributed by atoms with van der Waals surface area (Å²) in [6, 6.07) is 25.6. The second-order valence-corrected chi connectivity index (χ2v) is 8.12. The molecule has 5 rings (SSSR count). The number of rotatable bonds is 9. The van der Waals surface area contributed by atoms with Crippen molar-refractivity contribution in [1.29, 1.82) is 0 Å². The number of aromatic nitrogens is 2. The Kier molecular flexibility index (Phi) is 6.52. The van der Waals surface area contributed by atoms with Crippen LogP contribution < -0.4 is 9.47 Å². The number of fused-ring (bicyclic) bond motifs is 1. The predicted molar refractivity (Wildman–Crippen MR) is 126 cm³/mol. The largest absolute Gasteiger partial charge is 0.454 e. The van der Waals surface area contributed by atoms with Crippen molar-refractivity contribution in [3.05, 3.63) is 95.9 Å². The van der Waals surface area contributed by atoms with E-state index in [1.165, 1.54) is 0 Å². The molecule has 0 saturated carbocycles. The van der Waals surface area contributed by atoms with Gasteiger partial charge in [-0.15, -0.1) is 0 Å². The number of carbonyl (C=O) groups is 1. The van der Waals surface area contributed by atoms with Gasteiger partial charge in [-0.1, -0.05) is 65.8 Å². The molecule has 2 heterocycles. The highest BCUT2D eigenvalue weighted by molar-refractivity contribution is 5.76. The highest BCUT2D eigenvalue weighted by atomic mass is 16.7. The monoisotopic (exact) mass is 455 g/mol.